The Hall–Kier alpha value is -2.35. The molecule has 9 heteroatoms. The smallest absolute Gasteiger partial charge is 0.329 e. The van der Waals surface area contributed by atoms with Gasteiger partial charge in [0.2, 0.25) is 0 Å². The van der Waals surface area contributed by atoms with E-state index in [0.29, 0.717) is 26.7 Å². The van der Waals surface area contributed by atoms with Gasteiger partial charge in [0.25, 0.3) is 5.56 Å². The molecule has 0 amide bonds. The lowest BCUT2D eigenvalue weighted by molar-refractivity contribution is 0.828. The number of aromatic nitrogens is 3. The molecule has 0 unspecified atom stereocenters. The van der Waals surface area contributed by atoms with E-state index in [4.69, 9.17) is 34.7 Å². The molecule has 0 aliphatic carbocycles. The second-order valence-electron chi connectivity index (χ2n) is 5.20. The molecule has 1 aromatic carbocycles. The molecule has 24 heavy (non-hydrogen) atoms. The predicted octanol–water partition coefficient (Wildman–Crippen LogP) is 1.64. The third-order valence-corrected chi connectivity index (χ3v) is 4.33. The van der Waals surface area contributed by atoms with Crippen molar-refractivity contribution in [2.45, 2.75) is 6.54 Å². The number of H-pyrrole nitrogens is 1. The maximum absolute atomic E-state index is 12.4. The summed E-state index contributed by atoms with van der Waals surface area (Å²) in [5.41, 5.74) is 12.2. The first-order valence-corrected chi connectivity index (χ1v) is 7.67. The van der Waals surface area contributed by atoms with Crippen LogP contribution in [0.15, 0.2) is 27.8 Å². The standard InChI is InChI=1S/C15H13Cl2N5O2/c1-22-13-11(14(23)21-15(22)24)10(8(5-18)12(19)20-13)7-3-2-6(16)4-9(7)17/h2-4H,5,18H2,1H3,(H2,19,20)(H,21,23,24). The highest BCUT2D eigenvalue weighted by atomic mass is 35.5. The van der Waals surface area contributed by atoms with Crippen molar-refractivity contribution in [1.82, 2.24) is 14.5 Å². The highest BCUT2D eigenvalue weighted by Crippen LogP contribution is 2.37. The number of aromatic amines is 1. The van der Waals surface area contributed by atoms with Gasteiger partial charge in [-0.1, -0.05) is 29.3 Å². The van der Waals surface area contributed by atoms with Gasteiger partial charge in [-0.2, -0.15) is 0 Å². The minimum absolute atomic E-state index is 0.0470. The molecule has 0 saturated carbocycles. The van der Waals surface area contributed by atoms with Gasteiger partial charge in [0.1, 0.15) is 5.82 Å². The number of anilines is 1. The zero-order valence-electron chi connectivity index (χ0n) is 12.6. The molecule has 0 fully saturated rings. The number of nitrogens with one attached hydrogen (secondary N) is 1. The van der Waals surface area contributed by atoms with Crippen LogP contribution in [-0.2, 0) is 13.6 Å². The topological polar surface area (TPSA) is 120 Å². The number of hydrogen-bond donors (Lipinski definition) is 3. The Bertz CT molecular complexity index is 1090. The first kappa shape index (κ1) is 16.5. The molecule has 0 saturated heterocycles. The van der Waals surface area contributed by atoms with Crippen LogP contribution in [0.5, 0.6) is 0 Å². The zero-order chi connectivity index (χ0) is 17.6. The Labute approximate surface area is 145 Å². The van der Waals surface area contributed by atoms with Gasteiger partial charge in [-0.15, -0.1) is 0 Å². The average molecular weight is 366 g/mol. The maximum Gasteiger partial charge on any atom is 0.329 e. The Kier molecular flexibility index (Phi) is 4.08. The van der Waals surface area contributed by atoms with Crippen molar-refractivity contribution in [3.63, 3.8) is 0 Å². The molecule has 5 N–H and O–H groups in total. The molecule has 0 spiro atoms. The SMILES string of the molecule is Cn1c(=O)[nH]c(=O)c2c(-c3ccc(Cl)cc3Cl)c(CN)c(N)nc21. The molecule has 2 aromatic heterocycles. The number of nitrogens with zero attached hydrogens (tertiary/aromatic N) is 2. The molecule has 124 valence electrons. The summed E-state index contributed by atoms with van der Waals surface area (Å²) in [6, 6.07) is 4.86. The van der Waals surface area contributed by atoms with Gasteiger partial charge in [0.05, 0.1) is 5.39 Å². The van der Waals surface area contributed by atoms with Crippen molar-refractivity contribution in [2.75, 3.05) is 5.73 Å². The lowest BCUT2D eigenvalue weighted by Crippen LogP contribution is -2.30. The monoisotopic (exact) mass is 365 g/mol. The van der Waals surface area contributed by atoms with Crippen molar-refractivity contribution >= 4 is 40.1 Å². The minimum Gasteiger partial charge on any atom is -0.383 e. The molecule has 0 atom stereocenters. The molecule has 0 radical (unpaired) electrons. The van der Waals surface area contributed by atoms with Crippen LogP contribution in [0.25, 0.3) is 22.2 Å². The minimum atomic E-state index is -0.590. The summed E-state index contributed by atoms with van der Waals surface area (Å²) in [5.74, 6) is 0.131. The Morgan fingerprint density at radius 1 is 1.29 bits per heavy atom. The fourth-order valence-corrected chi connectivity index (χ4v) is 3.12. The van der Waals surface area contributed by atoms with Gasteiger partial charge in [-0.25, -0.2) is 9.78 Å². The summed E-state index contributed by atoms with van der Waals surface area (Å²) in [5, 5.41) is 0.971. The number of hydrogen-bond acceptors (Lipinski definition) is 5. The second-order valence-corrected chi connectivity index (χ2v) is 6.04. The molecular formula is C15H13Cl2N5O2. The predicted molar refractivity (Wildman–Crippen MR) is 95.4 cm³/mol. The molecule has 2 heterocycles. The lowest BCUT2D eigenvalue weighted by atomic mass is 9.97. The molecule has 3 rings (SSSR count). The number of nitrogen functional groups attached to an aromatic ring is 1. The maximum atomic E-state index is 12.4. The molecule has 7 nitrogen and oxygen atoms in total. The fraction of sp³-hybridized carbons (Fsp3) is 0.133. The van der Waals surface area contributed by atoms with Gasteiger partial charge in [0.15, 0.2) is 5.65 Å². The van der Waals surface area contributed by atoms with Crippen molar-refractivity contribution in [2.24, 2.45) is 12.8 Å². The van der Waals surface area contributed by atoms with Gasteiger partial charge in [-0.05, 0) is 12.1 Å². The van der Waals surface area contributed by atoms with Crippen LogP contribution in [0, 0.1) is 0 Å². The highest BCUT2D eigenvalue weighted by Gasteiger charge is 2.20. The van der Waals surface area contributed by atoms with Crippen molar-refractivity contribution in [1.29, 1.82) is 0 Å². The van der Waals surface area contributed by atoms with Crippen LogP contribution in [0.4, 0.5) is 5.82 Å². The quantitative estimate of drug-likeness (QED) is 0.637. The van der Waals surface area contributed by atoms with Gasteiger partial charge in [0, 0.05) is 40.3 Å². The van der Waals surface area contributed by atoms with Crippen molar-refractivity contribution < 1.29 is 0 Å². The number of benzene rings is 1. The summed E-state index contributed by atoms with van der Waals surface area (Å²) in [7, 11) is 1.49. The zero-order valence-corrected chi connectivity index (χ0v) is 14.1. The third-order valence-electron chi connectivity index (χ3n) is 3.79. The lowest BCUT2D eigenvalue weighted by Gasteiger charge is -2.16. The van der Waals surface area contributed by atoms with E-state index in [1.807, 2.05) is 0 Å². The normalized spacial score (nSPS) is 11.2. The largest absolute Gasteiger partial charge is 0.383 e. The van der Waals surface area contributed by atoms with Crippen LogP contribution < -0.4 is 22.7 Å². The third kappa shape index (κ3) is 2.47. The van der Waals surface area contributed by atoms with Gasteiger partial charge >= 0.3 is 5.69 Å². The summed E-state index contributed by atoms with van der Waals surface area (Å²) in [6.07, 6.45) is 0. The van der Waals surface area contributed by atoms with Gasteiger partial charge in [-0.3, -0.25) is 14.3 Å². The van der Waals surface area contributed by atoms with E-state index >= 15 is 0 Å². The summed E-state index contributed by atoms with van der Waals surface area (Å²) < 4.78 is 1.21. The van der Waals surface area contributed by atoms with Crippen LogP contribution in [0.3, 0.4) is 0 Å². The average Bonchev–Trinajstić information content (AvgIpc) is 2.51. The van der Waals surface area contributed by atoms with Crippen LogP contribution in [-0.4, -0.2) is 14.5 Å². The first-order chi connectivity index (χ1) is 11.3. The van der Waals surface area contributed by atoms with E-state index in [9.17, 15) is 9.59 Å². The fourth-order valence-electron chi connectivity index (χ4n) is 2.62. The number of halogens is 2. The van der Waals surface area contributed by atoms with Crippen LogP contribution in [0.1, 0.15) is 5.56 Å². The number of rotatable bonds is 2. The second kappa shape index (κ2) is 5.94. The van der Waals surface area contributed by atoms with E-state index < -0.39 is 11.2 Å². The Morgan fingerprint density at radius 3 is 2.62 bits per heavy atom. The van der Waals surface area contributed by atoms with Crippen molar-refractivity contribution in [3.05, 3.63) is 54.6 Å². The number of pyridine rings is 1. The van der Waals surface area contributed by atoms with Crippen LogP contribution in [0.2, 0.25) is 10.0 Å². The Balaban J connectivity index is 2.61. The van der Waals surface area contributed by atoms with Crippen molar-refractivity contribution in [3.8, 4) is 11.1 Å². The van der Waals surface area contributed by atoms with Crippen LogP contribution >= 0.6 is 23.2 Å². The molecule has 0 bridgehead atoms. The van der Waals surface area contributed by atoms with E-state index in [1.165, 1.54) is 11.6 Å². The summed E-state index contributed by atoms with van der Waals surface area (Å²) in [6.45, 7) is 0.0470. The molecular weight excluding hydrogens is 353 g/mol. The number of nitrogens with two attached hydrogens (primary N) is 2. The summed E-state index contributed by atoms with van der Waals surface area (Å²) in [4.78, 5) is 30.7. The first-order valence-electron chi connectivity index (χ1n) is 6.92. The van der Waals surface area contributed by atoms with E-state index in [-0.39, 0.29) is 23.4 Å². The van der Waals surface area contributed by atoms with E-state index in [2.05, 4.69) is 9.97 Å². The van der Waals surface area contributed by atoms with Gasteiger partial charge < -0.3 is 11.5 Å². The summed E-state index contributed by atoms with van der Waals surface area (Å²) >= 11 is 12.2. The molecule has 3 aromatic rings. The van der Waals surface area contributed by atoms with E-state index in [0.717, 1.165) is 0 Å². The molecule has 0 aliphatic heterocycles. The Morgan fingerprint density at radius 2 is 2.00 bits per heavy atom. The number of aryl methyl sites for hydroxylation is 1. The highest BCUT2D eigenvalue weighted by molar-refractivity contribution is 6.36. The number of fused-ring (bicyclic) bond motifs is 1. The molecule has 0 aliphatic rings. The van der Waals surface area contributed by atoms with E-state index in [1.54, 1.807) is 18.2 Å².